The molecule has 9 heteroatoms. The van der Waals surface area contributed by atoms with Crippen LogP contribution in [0.1, 0.15) is 5.56 Å². The lowest BCUT2D eigenvalue weighted by Gasteiger charge is -2.10. The molecule has 0 radical (unpaired) electrons. The van der Waals surface area contributed by atoms with Gasteiger partial charge in [-0.15, -0.1) is 0 Å². The summed E-state index contributed by atoms with van der Waals surface area (Å²) in [5, 5.41) is 6.91. The molecule has 122 valence electrons. The number of benzene rings is 1. The molecule has 0 saturated carbocycles. The van der Waals surface area contributed by atoms with Gasteiger partial charge in [-0.25, -0.2) is 4.79 Å². The van der Waals surface area contributed by atoms with Crippen LogP contribution in [0, 0.1) is 0 Å². The van der Waals surface area contributed by atoms with Crippen molar-refractivity contribution in [2.75, 3.05) is 32.1 Å². The highest BCUT2D eigenvalue weighted by molar-refractivity contribution is 5.96. The van der Waals surface area contributed by atoms with Crippen molar-refractivity contribution in [1.29, 1.82) is 0 Å². The monoisotopic (exact) mass is 319 g/mol. The Bertz CT molecular complexity index is 521. The standard InChI is InChI=1S/C13H16F3N3O3/c1-22-6-5-17-12(21)19-11(20)8-18-10-4-2-3-9(7-10)13(14,15)16/h2-4,7,18H,5-6,8H2,1H3,(H2,17,19,20,21). The third kappa shape index (κ3) is 6.44. The van der Waals surface area contributed by atoms with E-state index in [1.54, 1.807) is 0 Å². The van der Waals surface area contributed by atoms with Crippen molar-refractivity contribution in [3.63, 3.8) is 0 Å². The molecule has 0 aliphatic carbocycles. The van der Waals surface area contributed by atoms with Gasteiger partial charge in [0.05, 0.1) is 18.7 Å². The summed E-state index contributed by atoms with van der Waals surface area (Å²) < 4.78 is 42.3. The van der Waals surface area contributed by atoms with Gasteiger partial charge in [-0.05, 0) is 18.2 Å². The van der Waals surface area contributed by atoms with Crippen LogP contribution in [-0.4, -0.2) is 38.7 Å². The number of imide groups is 1. The number of hydrogen-bond acceptors (Lipinski definition) is 4. The van der Waals surface area contributed by atoms with Gasteiger partial charge in [-0.2, -0.15) is 13.2 Å². The van der Waals surface area contributed by atoms with Crippen LogP contribution in [0.4, 0.5) is 23.7 Å². The van der Waals surface area contributed by atoms with Crippen molar-refractivity contribution < 1.29 is 27.5 Å². The van der Waals surface area contributed by atoms with Crippen LogP contribution in [0.5, 0.6) is 0 Å². The fraction of sp³-hybridized carbons (Fsp3) is 0.385. The smallest absolute Gasteiger partial charge is 0.383 e. The highest BCUT2D eigenvalue weighted by Gasteiger charge is 2.30. The van der Waals surface area contributed by atoms with E-state index in [1.807, 2.05) is 5.32 Å². The largest absolute Gasteiger partial charge is 0.416 e. The summed E-state index contributed by atoms with van der Waals surface area (Å²) in [6.07, 6.45) is -4.46. The summed E-state index contributed by atoms with van der Waals surface area (Å²) >= 11 is 0. The number of ether oxygens (including phenoxy) is 1. The number of hydrogen-bond donors (Lipinski definition) is 3. The Morgan fingerprint density at radius 3 is 2.64 bits per heavy atom. The Balaban J connectivity index is 2.43. The van der Waals surface area contributed by atoms with Crippen LogP contribution in [0.25, 0.3) is 0 Å². The zero-order valence-corrected chi connectivity index (χ0v) is 11.8. The fourth-order valence-electron chi connectivity index (χ4n) is 1.47. The Kier molecular flexibility index (Phi) is 6.64. The Morgan fingerprint density at radius 2 is 2.00 bits per heavy atom. The molecule has 0 aromatic heterocycles. The Labute approximate surface area is 125 Å². The number of anilines is 1. The first-order valence-corrected chi connectivity index (χ1v) is 6.30. The second-order valence-electron chi connectivity index (χ2n) is 4.23. The lowest BCUT2D eigenvalue weighted by molar-refractivity contribution is -0.137. The molecule has 0 spiro atoms. The maximum absolute atomic E-state index is 12.5. The fourth-order valence-corrected chi connectivity index (χ4v) is 1.47. The predicted molar refractivity (Wildman–Crippen MR) is 73.4 cm³/mol. The average Bonchev–Trinajstić information content (AvgIpc) is 2.45. The summed E-state index contributed by atoms with van der Waals surface area (Å²) in [6.45, 7) is 0.194. The summed E-state index contributed by atoms with van der Waals surface area (Å²) in [5.41, 5.74) is -0.694. The number of carbonyl (C=O) groups excluding carboxylic acids is 2. The molecular weight excluding hydrogens is 303 g/mol. The van der Waals surface area contributed by atoms with Gasteiger partial charge < -0.3 is 15.4 Å². The van der Waals surface area contributed by atoms with Crippen molar-refractivity contribution >= 4 is 17.6 Å². The topological polar surface area (TPSA) is 79.5 Å². The molecule has 1 aromatic carbocycles. The van der Waals surface area contributed by atoms with Crippen LogP contribution >= 0.6 is 0 Å². The predicted octanol–water partition coefficient (Wildman–Crippen LogP) is 1.59. The van der Waals surface area contributed by atoms with Crippen LogP contribution in [0.15, 0.2) is 24.3 Å². The minimum atomic E-state index is -4.46. The van der Waals surface area contributed by atoms with Gasteiger partial charge in [0, 0.05) is 19.3 Å². The van der Waals surface area contributed by atoms with Gasteiger partial charge >= 0.3 is 12.2 Å². The summed E-state index contributed by atoms with van der Waals surface area (Å²) in [5.74, 6) is -0.674. The molecule has 0 aliphatic heterocycles. The van der Waals surface area contributed by atoms with Gasteiger partial charge in [0.1, 0.15) is 0 Å². The van der Waals surface area contributed by atoms with E-state index in [-0.39, 0.29) is 18.8 Å². The summed E-state index contributed by atoms with van der Waals surface area (Å²) in [7, 11) is 1.46. The van der Waals surface area contributed by atoms with E-state index in [2.05, 4.69) is 10.6 Å². The second-order valence-corrected chi connectivity index (χ2v) is 4.23. The Hall–Kier alpha value is -2.29. The molecule has 0 bridgehead atoms. The normalized spacial score (nSPS) is 10.9. The Morgan fingerprint density at radius 1 is 1.27 bits per heavy atom. The first-order valence-electron chi connectivity index (χ1n) is 6.30. The third-order valence-corrected chi connectivity index (χ3v) is 2.49. The van der Waals surface area contributed by atoms with E-state index in [0.717, 1.165) is 12.1 Å². The van der Waals surface area contributed by atoms with E-state index in [9.17, 15) is 22.8 Å². The van der Waals surface area contributed by atoms with Gasteiger partial charge in [0.25, 0.3) is 0 Å². The summed E-state index contributed by atoms with van der Waals surface area (Å²) in [6, 6.07) is 3.72. The molecule has 0 heterocycles. The zero-order valence-electron chi connectivity index (χ0n) is 11.8. The van der Waals surface area contributed by atoms with Gasteiger partial charge in [-0.3, -0.25) is 10.1 Å². The molecule has 1 rings (SSSR count). The summed E-state index contributed by atoms with van der Waals surface area (Å²) in [4.78, 5) is 22.7. The molecular formula is C13H16F3N3O3. The maximum atomic E-state index is 12.5. The van der Waals surface area contributed by atoms with E-state index in [4.69, 9.17) is 4.74 Å². The molecule has 0 atom stereocenters. The number of rotatable bonds is 6. The highest BCUT2D eigenvalue weighted by atomic mass is 19.4. The number of carbonyl (C=O) groups is 2. The SMILES string of the molecule is COCCNC(=O)NC(=O)CNc1cccc(C(F)(F)F)c1. The van der Waals surface area contributed by atoms with Crippen LogP contribution in [0.2, 0.25) is 0 Å². The number of alkyl halides is 3. The number of halogens is 3. The molecule has 0 saturated heterocycles. The minimum absolute atomic E-state index is 0.129. The quantitative estimate of drug-likeness (QED) is 0.696. The van der Waals surface area contributed by atoms with Gasteiger partial charge in [0.15, 0.2) is 0 Å². The van der Waals surface area contributed by atoms with E-state index in [0.29, 0.717) is 6.61 Å². The van der Waals surface area contributed by atoms with Gasteiger partial charge in [-0.1, -0.05) is 6.07 Å². The number of methoxy groups -OCH3 is 1. The van der Waals surface area contributed by atoms with Crippen molar-refractivity contribution in [1.82, 2.24) is 10.6 Å². The molecule has 0 aliphatic rings. The maximum Gasteiger partial charge on any atom is 0.416 e. The van der Waals surface area contributed by atoms with Crippen LogP contribution in [-0.2, 0) is 15.7 Å². The lowest BCUT2D eigenvalue weighted by Crippen LogP contribution is -2.42. The molecule has 0 unspecified atom stereocenters. The lowest BCUT2D eigenvalue weighted by atomic mass is 10.2. The van der Waals surface area contributed by atoms with Crippen molar-refractivity contribution in [3.05, 3.63) is 29.8 Å². The number of nitrogens with one attached hydrogen (secondary N) is 3. The third-order valence-electron chi connectivity index (χ3n) is 2.49. The highest BCUT2D eigenvalue weighted by Crippen LogP contribution is 2.30. The van der Waals surface area contributed by atoms with E-state index >= 15 is 0 Å². The molecule has 1 aromatic rings. The van der Waals surface area contributed by atoms with Crippen molar-refractivity contribution in [2.45, 2.75) is 6.18 Å². The first-order chi connectivity index (χ1) is 10.3. The van der Waals surface area contributed by atoms with Crippen LogP contribution < -0.4 is 16.0 Å². The molecule has 22 heavy (non-hydrogen) atoms. The number of urea groups is 1. The molecule has 3 N–H and O–H groups in total. The zero-order chi connectivity index (χ0) is 16.6. The molecule has 3 amide bonds. The van der Waals surface area contributed by atoms with E-state index < -0.39 is 23.7 Å². The van der Waals surface area contributed by atoms with Crippen LogP contribution in [0.3, 0.4) is 0 Å². The van der Waals surface area contributed by atoms with Crippen molar-refractivity contribution in [3.8, 4) is 0 Å². The minimum Gasteiger partial charge on any atom is -0.383 e. The van der Waals surface area contributed by atoms with Crippen molar-refractivity contribution in [2.24, 2.45) is 0 Å². The average molecular weight is 319 g/mol. The number of amides is 3. The van der Waals surface area contributed by atoms with E-state index in [1.165, 1.54) is 19.2 Å². The first kappa shape index (κ1) is 17.8. The second kappa shape index (κ2) is 8.23. The molecule has 6 nitrogen and oxygen atoms in total. The van der Waals surface area contributed by atoms with Gasteiger partial charge in [0.2, 0.25) is 5.91 Å². The molecule has 0 fully saturated rings.